The van der Waals surface area contributed by atoms with Gasteiger partial charge >= 0.3 is 0 Å². The number of thiazole rings is 1. The molecule has 1 N–H and O–H groups in total. The molecule has 1 aromatic carbocycles. The van der Waals surface area contributed by atoms with E-state index in [2.05, 4.69) is 28.3 Å². The smallest absolute Gasteiger partial charge is 0.268 e. The highest BCUT2D eigenvalue weighted by atomic mass is 32.1. The summed E-state index contributed by atoms with van der Waals surface area (Å²) < 4.78 is 3.41. The van der Waals surface area contributed by atoms with Crippen molar-refractivity contribution in [2.45, 2.75) is 40.2 Å². The summed E-state index contributed by atoms with van der Waals surface area (Å²) >= 11 is 1.35. The molecule has 4 aromatic heterocycles. The van der Waals surface area contributed by atoms with Crippen LogP contribution in [0.3, 0.4) is 0 Å². The van der Waals surface area contributed by atoms with E-state index >= 15 is 0 Å². The summed E-state index contributed by atoms with van der Waals surface area (Å²) in [4.78, 5) is 35.8. The summed E-state index contributed by atoms with van der Waals surface area (Å²) in [5.74, 6) is -0.189. The number of aryl methyl sites for hydroxylation is 3. The Labute approximate surface area is 212 Å². The highest BCUT2D eigenvalue weighted by molar-refractivity contribution is 7.15. The fourth-order valence-corrected chi connectivity index (χ4v) is 5.23. The first-order chi connectivity index (χ1) is 17.5. The fraction of sp³-hybridized carbons (Fsp3) is 0.222. The molecule has 0 radical (unpaired) electrons. The normalized spacial score (nSPS) is 11.2. The van der Waals surface area contributed by atoms with Crippen molar-refractivity contribution in [2.75, 3.05) is 0 Å². The molecule has 0 atom stereocenters. The number of benzene rings is 1. The molecule has 0 fully saturated rings. The van der Waals surface area contributed by atoms with Crippen LogP contribution in [0.25, 0.3) is 21.9 Å². The molecule has 5 rings (SSSR count). The molecule has 36 heavy (non-hydrogen) atoms. The quantitative estimate of drug-likeness (QED) is 0.366. The zero-order valence-electron chi connectivity index (χ0n) is 20.4. The molecule has 0 aliphatic carbocycles. The van der Waals surface area contributed by atoms with Gasteiger partial charge in [-0.3, -0.25) is 19.0 Å². The Morgan fingerprint density at radius 3 is 2.69 bits per heavy atom. The summed E-state index contributed by atoms with van der Waals surface area (Å²) in [7, 11) is 0. The molecular formula is C27H26N6O2S. The second kappa shape index (κ2) is 9.87. The van der Waals surface area contributed by atoms with Gasteiger partial charge in [0.25, 0.3) is 5.56 Å². The first-order valence-corrected chi connectivity index (χ1v) is 12.7. The Morgan fingerprint density at radius 1 is 1.11 bits per heavy atom. The van der Waals surface area contributed by atoms with Gasteiger partial charge < -0.3 is 5.32 Å². The van der Waals surface area contributed by atoms with E-state index in [9.17, 15) is 9.59 Å². The average Bonchev–Trinajstić information content (AvgIpc) is 3.46. The second-order valence-corrected chi connectivity index (χ2v) is 9.40. The molecule has 9 heteroatoms. The number of carbonyl (C=O) groups excluding carboxylic acids is 1. The summed E-state index contributed by atoms with van der Waals surface area (Å²) in [5, 5.41) is 9.49. The molecule has 0 saturated heterocycles. The first-order valence-electron chi connectivity index (χ1n) is 11.8. The molecule has 5 aromatic rings. The molecule has 182 valence electrons. The number of pyridine rings is 1. The van der Waals surface area contributed by atoms with Gasteiger partial charge in [-0.1, -0.05) is 31.2 Å². The summed E-state index contributed by atoms with van der Waals surface area (Å²) in [5.41, 5.74) is 5.87. The number of nitrogens with zero attached hydrogens (tertiary/aromatic N) is 5. The van der Waals surface area contributed by atoms with Crippen molar-refractivity contribution in [2.24, 2.45) is 0 Å². The van der Waals surface area contributed by atoms with Crippen LogP contribution in [0, 0.1) is 13.8 Å². The second-order valence-electron chi connectivity index (χ2n) is 8.56. The average molecular weight is 499 g/mol. The van der Waals surface area contributed by atoms with E-state index in [0.29, 0.717) is 34.2 Å². The van der Waals surface area contributed by atoms with Crippen LogP contribution in [0.2, 0.25) is 0 Å². The molecule has 4 heterocycles. The molecule has 0 unspecified atom stereocenters. The highest BCUT2D eigenvalue weighted by Crippen LogP contribution is 2.25. The van der Waals surface area contributed by atoms with Crippen molar-refractivity contribution in [3.05, 3.63) is 98.8 Å². The van der Waals surface area contributed by atoms with E-state index in [1.165, 1.54) is 21.3 Å². The zero-order chi connectivity index (χ0) is 25.2. The van der Waals surface area contributed by atoms with Gasteiger partial charge in [-0.2, -0.15) is 5.10 Å². The maximum absolute atomic E-state index is 13.7. The van der Waals surface area contributed by atoms with Crippen molar-refractivity contribution >= 4 is 22.2 Å². The molecular weight excluding hydrogens is 472 g/mol. The number of fused-ring (bicyclic) bond motifs is 1. The summed E-state index contributed by atoms with van der Waals surface area (Å²) in [6, 6.07) is 15.6. The van der Waals surface area contributed by atoms with Crippen LogP contribution < -0.4 is 10.9 Å². The molecule has 0 spiro atoms. The minimum atomic E-state index is -0.222. The Balaban J connectivity index is 1.49. The topological polar surface area (TPSA) is 94.2 Å². The Hall–Kier alpha value is -4.11. The molecule has 8 nitrogen and oxygen atoms in total. The maximum Gasteiger partial charge on any atom is 0.268 e. The SMILES string of the molecule is CCc1ccccc1-n1nc(-c2c(C)nc3scc(CC(=O)NCc4ccccn4)n3c2=O)cc1C. The van der Waals surface area contributed by atoms with Gasteiger partial charge in [0.05, 0.1) is 35.6 Å². The Kier molecular flexibility index (Phi) is 6.47. The van der Waals surface area contributed by atoms with Gasteiger partial charge in [0.2, 0.25) is 5.91 Å². The van der Waals surface area contributed by atoms with Crippen LogP contribution in [-0.2, 0) is 24.2 Å². The van der Waals surface area contributed by atoms with E-state index in [1.807, 2.05) is 66.4 Å². The van der Waals surface area contributed by atoms with Gasteiger partial charge in [0, 0.05) is 23.0 Å². The van der Waals surface area contributed by atoms with Crippen molar-refractivity contribution in [3.63, 3.8) is 0 Å². The zero-order valence-corrected chi connectivity index (χ0v) is 21.2. The number of aromatic nitrogens is 5. The van der Waals surface area contributed by atoms with Crippen LogP contribution in [0.4, 0.5) is 0 Å². The third-order valence-electron chi connectivity index (χ3n) is 6.10. The first kappa shape index (κ1) is 23.6. The van der Waals surface area contributed by atoms with Crippen molar-refractivity contribution < 1.29 is 4.79 Å². The Bertz CT molecular complexity index is 1620. The number of amides is 1. The van der Waals surface area contributed by atoms with Gasteiger partial charge in [-0.05, 0) is 50.1 Å². The molecule has 0 saturated carbocycles. The largest absolute Gasteiger partial charge is 0.350 e. The van der Waals surface area contributed by atoms with E-state index in [4.69, 9.17) is 5.10 Å². The number of hydrogen-bond acceptors (Lipinski definition) is 6. The van der Waals surface area contributed by atoms with Gasteiger partial charge in [-0.25, -0.2) is 9.67 Å². The molecule has 1 amide bonds. The van der Waals surface area contributed by atoms with Crippen molar-refractivity contribution in [3.8, 4) is 16.9 Å². The van der Waals surface area contributed by atoms with Gasteiger partial charge in [0.15, 0.2) is 4.96 Å². The monoisotopic (exact) mass is 498 g/mol. The number of carbonyl (C=O) groups is 1. The summed E-state index contributed by atoms with van der Waals surface area (Å²) in [6.07, 6.45) is 2.63. The number of rotatable bonds is 7. The van der Waals surface area contributed by atoms with Crippen LogP contribution >= 0.6 is 11.3 Å². The third-order valence-corrected chi connectivity index (χ3v) is 6.97. The van der Waals surface area contributed by atoms with Gasteiger partial charge in [-0.15, -0.1) is 11.3 Å². The highest BCUT2D eigenvalue weighted by Gasteiger charge is 2.20. The minimum Gasteiger partial charge on any atom is -0.350 e. The van der Waals surface area contributed by atoms with E-state index < -0.39 is 0 Å². The number of hydrogen-bond donors (Lipinski definition) is 1. The lowest BCUT2D eigenvalue weighted by atomic mass is 10.1. The van der Waals surface area contributed by atoms with Crippen LogP contribution in [0.15, 0.2) is 64.9 Å². The predicted octanol–water partition coefficient (Wildman–Crippen LogP) is 4.04. The standard InChI is InChI=1S/C27H26N6O2S/c1-4-19-9-5-6-11-23(19)33-17(2)13-22(31-33)25-18(3)30-27-32(26(25)35)21(16-36-27)14-24(34)29-15-20-10-7-8-12-28-20/h5-13,16H,4,14-15H2,1-3H3,(H,29,34). The molecule has 0 aliphatic rings. The number of para-hydroxylation sites is 1. The Morgan fingerprint density at radius 2 is 1.92 bits per heavy atom. The van der Waals surface area contributed by atoms with Crippen LogP contribution in [0.5, 0.6) is 0 Å². The van der Waals surface area contributed by atoms with Crippen molar-refractivity contribution in [1.29, 1.82) is 0 Å². The minimum absolute atomic E-state index is 0.0638. The predicted molar refractivity (Wildman–Crippen MR) is 141 cm³/mol. The van der Waals surface area contributed by atoms with E-state index in [0.717, 1.165) is 23.5 Å². The summed E-state index contributed by atoms with van der Waals surface area (Å²) in [6.45, 7) is 6.24. The van der Waals surface area contributed by atoms with E-state index in [-0.39, 0.29) is 17.9 Å². The lowest BCUT2D eigenvalue weighted by Gasteiger charge is -2.09. The molecule has 0 aliphatic heterocycles. The number of nitrogens with one attached hydrogen (secondary N) is 1. The lowest BCUT2D eigenvalue weighted by Crippen LogP contribution is -2.27. The van der Waals surface area contributed by atoms with Crippen molar-refractivity contribution in [1.82, 2.24) is 29.5 Å². The fourth-order valence-electron chi connectivity index (χ4n) is 4.30. The van der Waals surface area contributed by atoms with Gasteiger partial charge in [0.1, 0.15) is 5.69 Å². The maximum atomic E-state index is 13.7. The van der Waals surface area contributed by atoms with Crippen LogP contribution in [-0.4, -0.2) is 30.1 Å². The lowest BCUT2D eigenvalue weighted by molar-refractivity contribution is -0.120. The third kappa shape index (κ3) is 4.45. The van der Waals surface area contributed by atoms with E-state index in [1.54, 1.807) is 6.20 Å². The molecule has 0 bridgehead atoms. The van der Waals surface area contributed by atoms with Crippen LogP contribution in [0.1, 0.15) is 35.3 Å².